The van der Waals surface area contributed by atoms with Gasteiger partial charge in [0.2, 0.25) is 0 Å². The monoisotopic (exact) mass is 388 g/mol. The first-order chi connectivity index (χ1) is 14.2. The molecule has 0 radical (unpaired) electrons. The van der Waals surface area contributed by atoms with Crippen LogP contribution in [0.1, 0.15) is 21.6 Å². The van der Waals surface area contributed by atoms with Crippen molar-refractivity contribution in [2.24, 2.45) is 0 Å². The Morgan fingerprint density at radius 2 is 1.76 bits per heavy atom. The molecule has 0 bridgehead atoms. The summed E-state index contributed by atoms with van der Waals surface area (Å²) in [4.78, 5) is 24.0. The lowest BCUT2D eigenvalue weighted by atomic mass is 10.1. The van der Waals surface area contributed by atoms with Crippen molar-refractivity contribution < 1.29 is 9.53 Å². The third-order valence-corrected chi connectivity index (χ3v) is 4.87. The fourth-order valence-electron chi connectivity index (χ4n) is 3.19. The van der Waals surface area contributed by atoms with Crippen molar-refractivity contribution in [2.45, 2.75) is 13.5 Å². The smallest absolute Gasteiger partial charge is 0.272 e. The van der Waals surface area contributed by atoms with Gasteiger partial charge in [-0.25, -0.2) is 9.97 Å². The maximum absolute atomic E-state index is 13.0. The number of aryl methyl sites for hydroxylation is 1. The first-order valence-corrected chi connectivity index (χ1v) is 9.80. The van der Waals surface area contributed by atoms with E-state index < -0.39 is 0 Å². The summed E-state index contributed by atoms with van der Waals surface area (Å²) in [5.74, 6) is 1.08. The number of hydrogen-bond donors (Lipinski definition) is 1. The van der Waals surface area contributed by atoms with Crippen molar-refractivity contribution in [2.75, 3.05) is 31.6 Å². The van der Waals surface area contributed by atoms with Gasteiger partial charge in [-0.2, -0.15) is 0 Å². The molecule has 1 aromatic heterocycles. The Hall–Kier alpha value is -3.25. The second kappa shape index (κ2) is 8.84. The molecule has 148 valence electrons. The fraction of sp³-hybridized carbons (Fsp3) is 0.261. The van der Waals surface area contributed by atoms with E-state index in [1.165, 1.54) is 5.56 Å². The van der Waals surface area contributed by atoms with Gasteiger partial charge in [-0.1, -0.05) is 60.2 Å². The van der Waals surface area contributed by atoms with Crippen LogP contribution in [0.15, 0.2) is 60.7 Å². The van der Waals surface area contributed by atoms with Crippen molar-refractivity contribution in [3.63, 3.8) is 0 Å². The SMILES string of the molecule is Cc1ccc(CNc2cc(C(=O)N3CCOCC3)nc(-c3ccccc3)n2)cc1. The normalized spacial score (nSPS) is 13.9. The topological polar surface area (TPSA) is 67.4 Å². The van der Waals surface area contributed by atoms with Crippen LogP contribution >= 0.6 is 0 Å². The second-order valence-electron chi connectivity index (χ2n) is 7.07. The molecule has 1 fully saturated rings. The Kier molecular flexibility index (Phi) is 5.81. The molecule has 29 heavy (non-hydrogen) atoms. The van der Waals surface area contributed by atoms with Crippen molar-refractivity contribution >= 4 is 11.7 Å². The minimum absolute atomic E-state index is 0.0914. The predicted molar refractivity (Wildman–Crippen MR) is 113 cm³/mol. The highest BCUT2D eigenvalue weighted by atomic mass is 16.5. The van der Waals surface area contributed by atoms with E-state index in [0.717, 1.165) is 11.1 Å². The Morgan fingerprint density at radius 1 is 1.03 bits per heavy atom. The van der Waals surface area contributed by atoms with Crippen molar-refractivity contribution in [1.82, 2.24) is 14.9 Å². The number of carbonyl (C=O) groups is 1. The van der Waals surface area contributed by atoms with Crippen LogP contribution in [0.5, 0.6) is 0 Å². The number of anilines is 1. The molecule has 1 aliphatic heterocycles. The summed E-state index contributed by atoms with van der Waals surface area (Å²) < 4.78 is 5.36. The lowest BCUT2D eigenvalue weighted by Gasteiger charge is -2.26. The van der Waals surface area contributed by atoms with Crippen molar-refractivity contribution in [3.8, 4) is 11.4 Å². The van der Waals surface area contributed by atoms with E-state index >= 15 is 0 Å². The van der Waals surface area contributed by atoms with Crippen LogP contribution in [0, 0.1) is 6.92 Å². The van der Waals surface area contributed by atoms with Crippen LogP contribution in [0.3, 0.4) is 0 Å². The van der Waals surface area contributed by atoms with E-state index in [2.05, 4.69) is 46.5 Å². The maximum atomic E-state index is 13.0. The molecule has 1 N–H and O–H groups in total. The van der Waals surface area contributed by atoms with E-state index in [0.29, 0.717) is 50.2 Å². The molecule has 2 heterocycles. The van der Waals surface area contributed by atoms with Gasteiger partial charge in [-0.15, -0.1) is 0 Å². The number of nitrogens with zero attached hydrogens (tertiary/aromatic N) is 3. The van der Waals surface area contributed by atoms with E-state index in [-0.39, 0.29) is 5.91 Å². The summed E-state index contributed by atoms with van der Waals surface area (Å²) in [6.07, 6.45) is 0. The number of amides is 1. The molecule has 6 heteroatoms. The number of rotatable bonds is 5. The summed E-state index contributed by atoms with van der Waals surface area (Å²) >= 11 is 0. The summed E-state index contributed by atoms with van der Waals surface area (Å²) in [7, 11) is 0. The van der Waals surface area contributed by atoms with E-state index in [1.54, 1.807) is 11.0 Å². The van der Waals surface area contributed by atoms with Gasteiger partial charge in [0.15, 0.2) is 5.82 Å². The quantitative estimate of drug-likeness (QED) is 0.724. The largest absolute Gasteiger partial charge is 0.378 e. The van der Waals surface area contributed by atoms with E-state index in [1.807, 2.05) is 30.3 Å². The predicted octanol–water partition coefficient (Wildman–Crippen LogP) is 3.54. The maximum Gasteiger partial charge on any atom is 0.272 e. The zero-order chi connectivity index (χ0) is 20.1. The molecule has 1 aliphatic rings. The third kappa shape index (κ3) is 4.78. The standard InChI is InChI=1S/C23H24N4O2/c1-17-7-9-18(10-8-17)16-24-21-15-20(23(28)27-11-13-29-14-12-27)25-22(26-21)19-5-3-2-4-6-19/h2-10,15H,11-14,16H2,1H3,(H,24,25,26). The zero-order valence-corrected chi connectivity index (χ0v) is 16.5. The summed E-state index contributed by atoms with van der Waals surface area (Å²) in [6, 6.07) is 19.8. The lowest BCUT2D eigenvalue weighted by Crippen LogP contribution is -2.41. The molecule has 0 atom stereocenters. The number of nitrogens with one attached hydrogen (secondary N) is 1. The first kappa shape index (κ1) is 19.1. The highest BCUT2D eigenvalue weighted by Crippen LogP contribution is 2.19. The highest BCUT2D eigenvalue weighted by molar-refractivity contribution is 5.93. The van der Waals surface area contributed by atoms with Crippen LogP contribution in [-0.2, 0) is 11.3 Å². The molecular formula is C23H24N4O2. The summed E-state index contributed by atoms with van der Waals surface area (Å²) in [6.45, 7) is 4.96. The molecule has 1 saturated heterocycles. The molecule has 1 amide bonds. The zero-order valence-electron chi connectivity index (χ0n) is 16.5. The van der Waals surface area contributed by atoms with Crippen molar-refractivity contribution in [1.29, 1.82) is 0 Å². The number of hydrogen-bond acceptors (Lipinski definition) is 5. The second-order valence-corrected chi connectivity index (χ2v) is 7.07. The molecule has 0 unspecified atom stereocenters. The molecule has 3 aromatic rings. The van der Waals surface area contributed by atoms with Crippen molar-refractivity contribution in [3.05, 3.63) is 77.5 Å². The van der Waals surface area contributed by atoms with Gasteiger partial charge < -0.3 is 15.0 Å². The van der Waals surface area contributed by atoms with Gasteiger partial charge >= 0.3 is 0 Å². The number of morpholine rings is 1. The fourth-order valence-corrected chi connectivity index (χ4v) is 3.19. The Bertz CT molecular complexity index is 968. The minimum Gasteiger partial charge on any atom is -0.378 e. The van der Waals surface area contributed by atoms with Crippen LogP contribution in [0.2, 0.25) is 0 Å². The van der Waals surface area contributed by atoms with Gasteiger partial charge in [0.25, 0.3) is 5.91 Å². The molecular weight excluding hydrogens is 364 g/mol. The van der Waals surface area contributed by atoms with Crippen LogP contribution in [-0.4, -0.2) is 47.1 Å². The molecule has 0 aliphatic carbocycles. The minimum atomic E-state index is -0.0914. The van der Waals surface area contributed by atoms with Gasteiger partial charge in [-0.05, 0) is 12.5 Å². The lowest BCUT2D eigenvalue weighted by molar-refractivity contribution is 0.0299. The molecule has 2 aromatic carbocycles. The number of aromatic nitrogens is 2. The van der Waals surface area contributed by atoms with Crippen LogP contribution < -0.4 is 5.32 Å². The molecule has 4 rings (SSSR count). The summed E-state index contributed by atoms with van der Waals surface area (Å²) in [5, 5.41) is 3.34. The average Bonchev–Trinajstić information content (AvgIpc) is 2.79. The van der Waals surface area contributed by atoms with Gasteiger partial charge in [0.05, 0.1) is 13.2 Å². The van der Waals surface area contributed by atoms with Crippen LogP contribution in [0.25, 0.3) is 11.4 Å². The Labute approximate surface area is 170 Å². The van der Waals surface area contributed by atoms with Gasteiger partial charge in [0, 0.05) is 31.3 Å². The molecule has 0 spiro atoms. The van der Waals surface area contributed by atoms with Gasteiger partial charge in [0.1, 0.15) is 11.5 Å². The Morgan fingerprint density at radius 3 is 2.48 bits per heavy atom. The number of carbonyl (C=O) groups excluding carboxylic acids is 1. The average molecular weight is 388 g/mol. The summed E-state index contributed by atoms with van der Waals surface area (Å²) in [5.41, 5.74) is 3.65. The number of ether oxygens (including phenoxy) is 1. The van der Waals surface area contributed by atoms with E-state index in [4.69, 9.17) is 4.74 Å². The Balaban J connectivity index is 1.62. The number of benzene rings is 2. The molecule has 0 saturated carbocycles. The van der Waals surface area contributed by atoms with E-state index in [9.17, 15) is 4.79 Å². The highest BCUT2D eigenvalue weighted by Gasteiger charge is 2.21. The van der Waals surface area contributed by atoms with Crippen LogP contribution in [0.4, 0.5) is 5.82 Å². The first-order valence-electron chi connectivity index (χ1n) is 9.80. The van der Waals surface area contributed by atoms with Gasteiger partial charge in [-0.3, -0.25) is 4.79 Å². The molecule has 6 nitrogen and oxygen atoms in total. The third-order valence-electron chi connectivity index (χ3n) is 4.87.